The summed E-state index contributed by atoms with van der Waals surface area (Å²) < 4.78 is 12.4. The van der Waals surface area contributed by atoms with Gasteiger partial charge in [0.05, 0.1) is 24.8 Å². The number of methoxy groups -OCH3 is 2. The van der Waals surface area contributed by atoms with Crippen LogP contribution in [0.2, 0.25) is 5.02 Å². The Balaban J connectivity index is 2.14. The summed E-state index contributed by atoms with van der Waals surface area (Å²) in [6.45, 7) is 0. The van der Waals surface area contributed by atoms with Crippen LogP contribution < -0.4 is 10.3 Å². The third kappa shape index (κ3) is 2.09. The second-order valence-electron chi connectivity index (χ2n) is 5.08. The van der Waals surface area contributed by atoms with Crippen LogP contribution in [0.3, 0.4) is 0 Å². The second-order valence-corrected chi connectivity index (χ2v) is 5.52. The van der Waals surface area contributed by atoms with E-state index in [1.165, 1.54) is 0 Å². The number of fused-ring (bicyclic) bond motifs is 1. The summed E-state index contributed by atoms with van der Waals surface area (Å²) in [5.41, 5.74) is -0.0251. The van der Waals surface area contributed by atoms with E-state index >= 15 is 0 Å². The van der Waals surface area contributed by atoms with Crippen molar-refractivity contribution in [1.82, 2.24) is 4.57 Å². The van der Waals surface area contributed by atoms with Gasteiger partial charge >= 0.3 is 0 Å². The van der Waals surface area contributed by atoms with E-state index in [9.17, 15) is 4.79 Å². The fourth-order valence-electron chi connectivity index (χ4n) is 2.69. The van der Waals surface area contributed by atoms with Crippen molar-refractivity contribution >= 4 is 22.4 Å². The Morgan fingerprint density at radius 1 is 1.25 bits per heavy atom. The molecule has 0 spiro atoms. The van der Waals surface area contributed by atoms with Crippen molar-refractivity contribution in [3.63, 3.8) is 0 Å². The number of halogens is 1. The number of hydrogen-bond donors (Lipinski definition) is 0. The lowest BCUT2D eigenvalue weighted by Crippen LogP contribution is -2.37. The molecule has 20 heavy (non-hydrogen) atoms. The highest BCUT2D eigenvalue weighted by Crippen LogP contribution is 2.35. The van der Waals surface area contributed by atoms with Crippen molar-refractivity contribution in [2.75, 3.05) is 14.2 Å². The third-order valence-electron chi connectivity index (χ3n) is 3.98. The molecule has 0 N–H and O–H groups in total. The van der Waals surface area contributed by atoms with Gasteiger partial charge in [-0.1, -0.05) is 11.6 Å². The molecule has 106 valence electrons. The first-order valence-corrected chi connectivity index (χ1v) is 6.93. The Morgan fingerprint density at radius 2 is 2.00 bits per heavy atom. The molecule has 1 aliphatic carbocycles. The molecule has 0 bridgehead atoms. The normalized spacial score (nSPS) is 21.8. The molecule has 0 aliphatic heterocycles. The minimum atomic E-state index is -0.0251. The lowest BCUT2D eigenvalue weighted by molar-refractivity contribution is 0.00515. The first kappa shape index (κ1) is 13.5. The van der Waals surface area contributed by atoms with Crippen molar-refractivity contribution < 1.29 is 9.47 Å². The van der Waals surface area contributed by atoms with Gasteiger partial charge in [-0.25, -0.2) is 0 Å². The molecule has 0 amide bonds. The van der Waals surface area contributed by atoms with Gasteiger partial charge in [0.1, 0.15) is 5.75 Å². The summed E-state index contributed by atoms with van der Waals surface area (Å²) in [7, 11) is 3.31. The number of benzene rings is 1. The van der Waals surface area contributed by atoms with E-state index in [0.29, 0.717) is 16.2 Å². The molecular weight excluding hydrogens is 278 g/mol. The minimum absolute atomic E-state index is 0.0251. The van der Waals surface area contributed by atoms with Crippen LogP contribution in [0.15, 0.2) is 29.2 Å². The number of hydrogen-bond acceptors (Lipinski definition) is 3. The van der Waals surface area contributed by atoms with Gasteiger partial charge in [-0.05, 0) is 31.0 Å². The maximum atomic E-state index is 12.6. The average molecular weight is 294 g/mol. The topological polar surface area (TPSA) is 40.5 Å². The molecule has 2 aromatic rings. The van der Waals surface area contributed by atoms with E-state index in [2.05, 4.69) is 0 Å². The number of rotatable bonds is 3. The van der Waals surface area contributed by atoms with Crippen molar-refractivity contribution in [2.45, 2.75) is 25.0 Å². The zero-order valence-corrected chi connectivity index (χ0v) is 12.2. The average Bonchev–Trinajstić information content (AvgIpc) is 2.40. The molecular formula is C15H16ClNO3. The summed E-state index contributed by atoms with van der Waals surface area (Å²) in [5.74, 6) is 0.692. The molecule has 5 heteroatoms. The summed E-state index contributed by atoms with van der Waals surface area (Å²) >= 11 is 6.00. The Hall–Kier alpha value is -1.52. The SMILES string of the molecule is COc1cn(C2CC(OC)C2)c(=O)c2cc(Cl)ccc12. The quantitative estimate of drug-likeness (QED) is 0.873. The van der Waals surface area contributed by atoms with E-state index in [1.807, 2.05) is 6.07 Å². The molecule has 1 aromatic carbocycles. The van der Waals surface area contributed by atoms with E-state index in [4.69, 9.17) is 21.1 Å². The molecule has 0 radical (unpaired) electrons. The van der Waals surface area contributed by atoms with Gasteiger partial charge in [0.15, 0.2) is 0 Å². The molecule has 0 unspecified atom stereocenters. The van der Waals surface area contributed by atoms with Crippen LogP contribution in [-0.4, -0.2) is 24.9 Å². The number of aromatic nitrogens is 1. The molecule has 1 heterocycles. The molecule has 0 saturated heterocycles. The predicted octanol–water partition coefficient (Wildman–Crippen LogP) is 3.01. The summed E-state index contributed by atoms with van der Waals surface area (Å²) in [6.07, 6.45) is 3.74. The van der Waals surface area contributed by atoms with Gasteiger partial charge in [-0.15, -0.1) is 0 Å². The summed E-state index contributed by atoms with van der Waals surface area (Å²) in [6, 6.07) is 5.45. The van der Waals surface area contributed by atoms with Crippen molar-refractivity contribution in [3.8, 4) is 5.75 Å². The first-order chi connectivity index (χ1) is 9.63. The van der Waals surface area contributed by atoms with Crippen molar-refractivity contribution in [1.29, 1.82) is 0 Å². The fourth-order valence-corrected chi connectivity index (χ4v) is 2.87. The summed E-state index contributed by atoms with van der Waals surface area (Å²) in [5, 5.41) is 1.94. The highest BCUT2D eigenvalue weighted by atomic mass is 35.5. The molecule has 1 saturated carbocycles. The molecule has 1 fully saturated rings. The largest absolute Gasteiger partial charge is 0.495 e. The Kier molecular flexibility index (Phi) is 3.44. The van der Waals surface area contributed by atoms with Gasteiger partial charge in [0.2, 0.25) is 0 Å². The Morgan fingerprint density at radius 3 is 2.65 bits per heavy atom. The first-order valence-electron chi connectivity index (χ1n) is 6.55. The molecule has 0 atom stereocenters. The van der Waals surface area contributed by atoms with Crippen molar-refractivity contribution in [2.24, 2.45) is 0 Å². The van der Waals surface area contributed by atoms with Crippen LogP contribution in [-0.2, 0) is 4.74 Å². The van der Waals surface area contributed by atoms with Crippen molar-refractivity contribution in [3.05, 3.63) is 39.8 Å². The zero-order valence-electron chi connectivity index (χ0n) is 11.4. The van der Waals surface area contributed by atoms with E-state index < -0.39 is 0 Å². The second kappa shape index (κ2) is 5.11. The Labute approximate surface area is 121 Å². The van der Waals surface area contributed by atoms with Gasteiger partial charge in [-0.3, -0.25) is 4.79 Å². The number of pyridine rings is 1. The highest BCUT2D eigenvalue weighted by Gasteiger charge is 2.31. The number of ether oxygens (including phenoxy) is 2. The summed E-state index contributed by atoms with van der Waals surface area (Å²) in [4.78, 5) is 12.6. The van der Waals surface area contributed by atoms with E-state index in [0.717, 1.165) is 18.2 Å². The smallest absolute Gasteiger partial charge is 0.258 e. The molecule has 4 nitrogen and oxygen atoms in total. The zero-order chi connectivity index (χ0) is 14.3. The van der Waals surface area contributed by atoms with Gasteiger partial charge < -0.3 is 14.0 Å². The minimum Gasteiger partial charge on any atom is -0.495 e. The van der Waals surface area contributed by atoms with Crippen LogP contribution in [0.4, 0.5) is 0 Å². The maximum Gasteiger partial charge on any atom is 0.258 e. The maximum absolute atomic E-state index is 12.6. The monoisotopic (exact) mass is 293 g/mol. The van der Waals surface area contributed by atoms with Crippen LogP contribution >= 0.6 is 11.6 Å². The van der Waals surface area contributed by atoms with Crippen LogP contribution in [0.25, 0.3) is 10.8 Å². The third-order valence-corrected chi connectivity index (χ3v) is 4.22. The number of nitrogens with zero attached hydrogens (tertiary/aromatic N) is 1. The Bertz CT molecular complexity index is 704. The lowest BCUT2D eigenvalue weighted by atomic mass is 9.88. The van der Waals surface area contributed by atoms with Gasteiger partial charge in [0, 0.05) is 23.6 Å². The van der Waals surface area contributed by atoms with Crippen LogP contribution in [0.5, 0.6) is 5.75 Å². The molecule has 1 aromatic heterocycles. The van der Waals surface area contributed by atoms with E-state index in [-0.39, 0.29) is 17.7 Å². The van der Waals surface area contributed by atoms with Crippen LogP contribution in [0.1, 0.15) is 18.9 Å². The molecule has 3 rings (SSSR count). The predicted molar refractivity (Wildman–Crippen MR) is 78.8 cm³/mol. The van der Waals surface area contributed by atoms with E-state index in [1.54, 1.807) is 37.1 Å². The van der Waals surface area contributed by atoms with Crippen LogP contribution in [0, 0.1) is 0 Å². The lowest BCUT2D eigenvalue weighted by Gasteiger charge is -2.35. The molecule has 1 aliphatic rings. The fraction of sp³-hybridized carbons (Fsp3) is 0.400. The van der Waals surface area contributed by atoms with Gasteiger partial charge in [0.25, 0.3) is 5.56 Å². The highest BCUT2D eigenvalue weighted by molar-refractivity contribution is 6.31. The standard InChI is InChI=1S/C15H16ClNO3/c1-19-11-6-10(7-11)17-8-14(20-2)12-4-3-9(16)5-13(12)15(17)18/h3-5,8,10-11H,6-7H2,1-2H3. The van der Waals surface area contributed by atoms with Gasteiger partial charge in [-0.2, -0.15) is 0 Å².